The van der Waals surface area contributed by atoms with Crippen LogP contribution in [0.5, 0.6) is 0 Å². The summed E-state index contributed by atoms with van der Waals surface area (Å²) in [5, 5.41) is 0. The predicted molar refractivity (Wildman–Crippen MR) is 40.1 cm³/mol. The molecule has 1 heterocycles. The highest BCUT2D eigenvalue weighted by molar-refractivity contribution is 5.89. The molecular weight excluding hydrogens is 144 g/mol. The Morgan fingerprint density at radius 1 is 1.73 bits per heavy atom. The van der Waals surface area contributed by atoms with Gasteiger partial charge in [0.15, 0.2) is 0 Å². The van der Waals surface area contributed by atoms with E-state index in [0.29, 0.717) is 12.2 Å². The van der Waals surface area contributed by atoms with E-state index in [0.717, 1.165) is 0 Å². The van der Waals surface area contributed by atoms with Crippen molar-refractivity contribution < 1.29 is 14.3 Å². The molecule has 0 N–H and O–H groups in total. The minimum absolute atomic E-state index is 0.0822. The van der Waals surface area contributed by atoms with E-state index in [1.54, 1.807) is 13.8 Å². The number of carbonyl (C=O) groups is 1. The Hall–Kier alpha value is -0.830. The van der Waals surface area contributed by atoms with Gasteiger partial charge >= 0.3 is 5.97 Å². The van der Waals surface area contributed by atoms with Crippen LogP contribution in [0.15, 0.2) is 12.2 Å². The first kappa shape index (κ1) is 8.27. The van der Waals surface area contributed by atoms with Crippen molar-refractivity contribution >= 4 is 5.97 Å². The van der Waals surface area contributed by atoms with Gasteiger partial charge in [-0.3, -0.25) is 0 Å². The normalized spacial score (nSPS) is 21.5. The van der Waals surface area contributed by atoms with Crippen molar-refractivity contribution in [3.05, 3.63) is 12.2 Å². The second-order valence-corrected chi connectivity index (χ2v) is 2.80. The van der Waals surface area contributed by atoms with Crippen LogP contribution < -0.4 is 0 Å². The predicted octanol–water partition coefficient (Wildman–Crippen LogP) is 0.893. The Morgan fingerprint density at radius 3 is 2.64 bits per heavy atom. The zero-order valence-electron chi connectivity index (χ0n) is 6.79. The van der Waals surface area contributed by atoms with E-state index in [-0.39, 0.29) is 18.2 Å². The van der Waals surface area contributed by atoms with E-state index >= 15 is 0 Å². The fourth-order valence-corrected chi connectivity index (χ4v) is 0.671. The molecule has 0 amide bonds. The highest BCUT2D eigenvalue weighted by atomic mass is 16.6. The van der Waals surface area contributed by atoms with Crippen LogP contribution in [0.25, 0.3) is 0 Å². The zero-order chi connectivity index (χ0) is 8.43. The van der Waals surface area contributed by atoms with Gasteiger partial charge in [0.2, 0.25) is 0 Å². The summed E-state index contributed by atoms with van der Waals surface area (Å²) in [5.41, 5.74) is 0.429. The van der Waals surface area contributed by atoms with Gasteiger partial charge in [-0.2, -0.15) is 0 Å². The molecule has 1 fully saturated rings. The van der Waals surface area contributed by atoms with Crippen LogP contribution in [0, 0.1) is 0 Å². The summed E-state index contributed by atoms with van der Waals surface area (Å²) in [7, 11) is 0. The van der Waals surface area contributed by atoms with Crippen molar-refractivity contribution in [2.75, 3.05) is 6.61 Å². The van der Waals surface area contributed by atoms with Gasteiger partial charge < -0.3 is 9.47 Å². The molecule has 1 rings (SSSR count). The van der Waals surface area contributed by atoms with Crippen LogP contribution in [0.1, 0.15) is 13.8 Å². The lowest BCUT2D eigenvalue weighted by molar-refractivity contribution is -0.142. The maximum Gasteiger partial charge on any atom is 0.336 e. The van der Waals surface area contributed by atoms with E-state index in [2.05, 4.69) is 6.58 Å². The lowest BCUT2D eigenvalue weighted by atomic mass is 10.2. The van der Waals surface area contributed by atoms with Gasteiger partial charge in [-0.15, -0.1) is 0 Å². The van der Waals surface area contributed by atoms with Crippen molar-refractivity contribution in [1.29, 1.82) is 0 Å². The van der Waals surface area contributed by atoms with Crippen molar-refractivity contribution in [1.82, 2.24) is 0 Å². The van der Waals surface area contributed by atoms with E-state index in [9.17, 15) is 4.79 Å². The molecule has 3 nitrogen and oxygen atoms in total. The second-order valence-electron chi connectivity index (χ2n) is 2.80. The highest BCUT2D eigenvalue weighted by Crippen LogP contribution is 2.19. The Labute approximate surface area is 66.0 Å². The van der Waals surface area contributed by atoms with Gasteiger partial charge in [0, 0.05) is 0 Å². The van der Waals surface area contributed by atoms with Crippen molar-refractivity contribution in [2.45, 2.75) is 26.1 Å². The summed E-state index contributed by atoms with van der Waals surface area (Å²) in [4.78, 5) is 11.0. The van der Waals surface area contributed by atoms with Crippen molar-refractivity contribution in [3.63, 3.8) is 0 Å². The molecule has 0 bridgehead atoms. The summed E-state index contributed by atoms with van der Waals surface area (Å²) in [6.07, 6.45) is -0.167. The molecule has 1 aliphatic rings. The lowest BCUT2D eigenvalue weighted by Gasteiger charge is -2.07. The maximum atomic E-state index is 11.0. The van der Waals surface area contributed by atoms with Gasteiger partial charge in [-0.1, -0.05) is 6.58 Å². The fraction of sp³-hybridized carbons (Fsp3) is 0.625. The van der Waals surface area contributed by atoms with E-state index < -0.39 is 0 Å². The number of rotatable bonds is 3. The van der Waals surface area contributed by atoms with Crippen LogP contribution in [0.4, 0.5) is 0 Å². The van der Waals surface area contributed by atoms with Gasteiger partial charge in [0.25, 0.3) is 0 Å². The third-order valence-corrected chi connectivity index (χ3v) is 1.33. The molecule has 0 aromatic rings. The number of carbonyl (C=O) groups excluding carboxylic acids is 1. The van der Waals surface area contributed by atoms with Crippen LogP contribution in [-0.2, 0) is 14.3 Å². The van der Waals surface area contributed by atoms with Crippen LogP contribution in [0.2, 0.25) is 0 Å². The minimum atomic E-state index is -0.345. The van der Waals surface area contributed by atoms with Crippen LogP contribution >= 0.6 is 0 Å². The molecule has 0 aromatic carbocycles. The molecule has 0 spiro atoms. The zero-order valence-corrected chi connectivity index (χ0v) is 6.79. The SMILES string of the molecule is C=C(C(=O)OC(C)C)C1CO1. The number of hydrogen-bond donors (Lipinski definition) is 0. The van der Waals surface area contributed by atoms with Gasteiger partial charge in [0.1, 0.15) is 6.10 Å². The molecule has 1 atom stereocenters. The third kappa shape index (κ3) is 2.35. The standard InChI is InChI=1S/C8H12O3/c1-5(2)11-8(9)6(3)7-4-10-7/h5,7H,3-4H2,1-2H3. The van der Waals surface area contributed by atoms with Crippen LogP contribution in [-0.4, -0.2) is 24.8 Å². The molecule has 0 aromatic heterocycles. The summed E-state index contributed by atoms with van der Waals surface area (Å²) >= 11 is 0. The largest absolute Gasteiger partial charge is 0.460 e. The molecular formula is C8H12O3. The monoisotopic (exact) mass is 156 g/mol. The Bertz CT molecular complexity index is 180. The first-order valence-corrected chi connectivity index (χ1v) is 3.62. The molecule has 0 saturated carbocycles. The van der Waals surface area contributed by atoms with Gasteiger partial charge in [-0.05, 0) is 13.8 Å². The topological polar surface area (TPSA) is 38.8 Å². The third-order valence-electron chi connectivity index (χ3n) is 1.33. The molecule has 62 valence electrons. The molecule has 1 saturated heterocycles. The number of esters is 1. The average Bonchev–Trinajstić information content (AvgIpc) is 2.65. The summed E-state index contributed by atoms with van der Waals surface area (Å²) in [6, 6.07) is 0. The number of epoxide rings is 1. The smallest absolute Gasteiger partial charge is 0.336 e. The summed E-state index contributed by atoms with van der Waals surface area (Å²) < 4.78 is 9.77. The molecule has 11 heavy (non-hydrogen) atoms. The highest BCUT2D eigenvalue weighted by Gasteiger charge is 2.31. The fourth-order valence-electron chi connectivity index (χ4n) is 0.671. The first-order valence-electron chi connectivity index (χ1n) is 3.62. The van der Waals surface area contributed by atoms with Crippen LogP contribution in [0.3, 0.4) is 0 Å². The van der Waals surface area contributed by atoms with E-state index in [1.807, 2.05) is 0 Å². The second kappa shape index (κ2) is 3.05. The lowest BCUT2D eigenvalue weighted by Crippen LogP contribution is -2.15. The quantitative estimate of drug-likeness (QED) is 0.346. The van der Waals surface area contributed by atoms with E-state index in [1.165, 1.54) is 0 Å². The Balaban J connectivity index is 2.34. The minimum Gasteiger partial charge on any atom is -0.460 e. The molecule has 1 aliphatic heterocycles. The average molecular weight is 156 g/mol. The molecule has 1 unspecified atom stereocenters. The first-order chi connectivity index (χ1) is 5.11. The Kier molecular flexibility index (Phi) is 2.29. The maximum absolute atomic E-state index is 11.0. The summed E-state index contributed by atoms with van der Waals surface area (Å²) in [6.45, 7) is 7.78. The summed E-state index contributed by atoms with van der Waals surface area (Å²) in [5.74, 6) is -0.345. The van der Waals surface area contributed by atoms with Crippen molar-refractivity contribution in [3.8, 4) is 0 Å². The number of ether oxygens (including phenoxy) is 2. The molecule has 0 aliphatic carbocycles. The van der Waals surface area contributed by atoms with Gasteiger partial charge in [0.05, 0.1) is 18.3 Å². The Morgan fingerprint density at radius 2 is 2.27 bits per heavy atom. The molecule has 0 radical (unpaired) electrons. The number of hydrogen-bond acceptors (Lipinski definition) is 3. The van der Waals surface area contributed by atoms with Crippen molar-refractivity contribution in [2.24, 2.45) is 0 Å². The molecule has 3 heteroatoms. The van der Waals surface area contributed by atoms with E-state index in [4.69, 9.17) is 9.47 Å². The van der Waals surface area contributed by atoms with Gasteiger partial charge in [-0.25, -0.2) is 4.79 Å².